The van der Waals surface area contributed by atoms with E-state index in [0.29, 0.717) is 19.3 Å². The van der Waals surface area contributed by atoms with Crippen LogP contribution in [0.5, 0.6) is 0 Å². The molecular formula is C48H79NO22S2. The molecule has 0 radical (unpaired) electrons. The first-order chi connectivity index (χ1) is 34.1. The monoisotopic (exact) mass is 1090 g/mol. The maximum Gasteiger partial charge on any atom is 0.397 e. The molecule has 0 bridgehead atoms. The maximum absolute atomic E-state index is 12.8. The molecule has 0 aromatic heterocycles. The fourth-order valence-electron chi connectivity index (χ4n) is 13.4. The average molecular weight is 1090 g/mol. The van der Waals surface area contributed by atoms with Crippen LogP contribution in [0.3, 0.4) is 0 Å². The van der Waals surface area contributed by atoms with E-state index in [9.17, 15) is 61.9 Å². The van der Waals surface area contributed by atoms with E-state index < -0.39 is 155 Å². The van der Waals surface area contributed by atoms with Crippen LogP contribution in [0.25, 0.3) is 0 Å². The summed E-state index contributed by atoms with van der Waals surface area (Å²) in [5.74, 6) is -1.56. The number of ether oxygens (including phenoxy) is 7. The molecule has 73 heavy (non-hydrogen) atoms. The maximum atomic E-state index is 12.8. The highest BCUT2D eigenvalue weighted by Gasteiger charge is 2.62. The molecule has 1 unspecified atom stereocenters. The summed E-state index contributed by atoms with van der Waals surface area (Å²) in [5, 5.41) is 80.2. The van der Waals surface area contributed by atoms with Gasteiger partial charge in [0.2, 0.25) is 5.91 Å². The van der Waals surface area contributed by atoms with Crippen molar-refractivity contribution in [2.24, 2.45) is 52.3 Å². The Kier molecular flexibility index (Phi) is 18.7. The van der Waals surface area contributed by atoms with Gasteiger partial charge in [0.15, 0.2) is 18.9 Å². The SMILES string of the molecule is CO[C@@H]1[C@@H](O)[C@H](O[C@H]2[C@H](O[C@@H]3[C@@H](O)[C@H](O[C@H]4C[C@@H]5C(=CC[C@]6(C)[C@@H]([C@H](C)/C=C/[C@@H](C)[C@@H](C)C(=O)NCCS(=O)(=O)O)CC[C@@H]56)[C@@]5(C)CC[C@H](OS(=O)(=O)O)CC45)O[C@H](CO)[C@H]3O)OC[C@@H](O)[C@@H]2O)O[C@H](C)[C@H]1O. The Morgan fingerprint density at radius 1 is 0.836 bits per heavy atom. The highest BCUT2D eigenvalue weighted by Crippen LogP contribution is 2.67. The van der Waals surface area contributed by atoms with Crippen molar-refractivity contribution in [2.45, 2.75) is 185 Å². The molecule has 0 aromatic rings. The summed E-state index contributed by atoms with van der Waals surface area (Å²) in [6.45, 7) is 10.3. The third-order valence-corrected chi connectivity index (χ3v) is 19.0. The molecule has 25 heteroatoms. The number of hydrogen-bond donors (Lipinski definition) is 10. The standard InChI is InChI=1S/C48H79NO22S2/c1-22(24(3)43(57)49-16-17-72(58,59)60)8-9-23(2)28-10-11-29-27-19-33(31-18-26(71-73(61,62)63)12-14-48(31,6)30(27)13-15-47(28,29)5)67-45-39(56)41(37(54)34(20-50)68-45)69-46-42(36(53)32(51)21-65-46)70-44-38(55)40(64-7)35(52)25(4)66-44/h8-9,13,22-29,31-42,44-46,50-56H,10-12,14-21H2,1-7H3,(H,49,57)(H,58,59,60)(H,61,62,63)/b9-8+/t22-,23-,24-,25-,26+,27+,28-,29+,31?,32-,33+,34-,35-,36+,37-,38-,39-,40+,41+,42-,44+,45-,46+,47-,48-/m1/s1. The van der Waals surface area contributed by atoms with Gasteiger partial charge in [-0.2, -0.15) is 16.8 Å². The second-order valence-electron chi connectivity index (χ2n) is 22.1. The molecule has 10 N–H and O–H groups in total. The van der Waals surface area contributed by atoms with Crippen LogP contribution in [0.2, 0.25) is 0 Å². The molecular weight excluding hydrogens is 1010 g/mol. The predicted molar refractivity (Wildman–Crippen MR) is 254 cm³/mol. The van der Waals surface area contributed by atoms with Crippen molar-refractivity contribution in [2.75, 3.05) is 32.6 Å². The van der Waals surface area contributed by atoms with Crippen LogP contribution >= 0.6 is 0 Å². The Labute approximate surface area is 427 Å². The number of aliphatic hydroxyl groups excluding tert-OH is 7. The molecule has 420 valence electrons. The minimum Gasteiger partial charge on any atom is -0.394 e. The third kappa shape index (κ3) is 12.6. The fraction of sp³-hybridized carbons (Fsp3) is 0.896. The van der Waals surface area contributed by atoms with Crippen molar-refractivity contribution in [3.8, 4) is 0 Å². The van der Waals surface area contributed by atoms with Gasteiger partial charge in [-0.3, -0.25) is 13.9 Å². The van der Waals surface area contributed by atoms with Crippen molar-refractivity contribution in [1.82, 2.24) is 5.32 Å². The van der Waals surface area contributed by atoms with E-state index in [-0.39, 0.29) is 53.9 Å². The van der Waals surface area contributed by atoms with Crippen molar-refractivity contribution in [3.05, 3.63) is 23.8 Å². The number of fused-ring (bicyclic) bond motifs is 5. The van der Waals surface area contributed by atoms with Gasteiger partial charge in [0.05, 0.1) is 37.3 Å². The molecule has 25 atom stereocenters. The number of rotatable bonds is 18. The normalized spacial score (nSPS) is 45.6. The lowest BCUT2D eigenvalue weighted by molar-refractivity contribution is -0.381. The van der Waals surface area contributed by atoms with Crippen molar-refractivity contribution in [3.63, 3.8) is 0 Å². The van der Waals surface area contributed by atoms with E-state index in [0.717, 1.165) is 19.3 Å². The Morgan fingerprint density at radius 3 is 2.16 bits per heavy atom. The van der Waals surface area contributed by atoms with Crippen LogP contribution in [-0.4, -0.2) is 198 Å². The lowest BCUT2D eigenvalue weighted by atomic mass is 9.47. The van der Waals surface area contributed by atoms with Crippen molar-refractivity contribution >= 4 is 26.4 Å². The van der Waals surface area contributed by atoms with E-state index in [1.807, 2.05) is 13.0 Å². The summed E-state index contributed by atoms with van der Waals surface area (Å²) >= 11 is 0. The summed E-state index contributed by atoms with van der Waals surface area (Å²) in [7, 11) is -7.78. The summed E-state index contributed by atoms with van der Waals surface area (Å²) < 4.78 is 112. The lowest BCUT2D eigenvalue weighted by Crippen LogP contribution is -2.65. The van der Waals surface area contributed by atoms with Crippen molar-refractivity contribution < 1.29 is 104 Å². The van der Waals surface area contributed by atoms with Gasteiger partial charge < -0.3 is 74.2 Å². The van der Waals surface area contributed by atoms with E-state index in [2.05, 4.69) is 38.2 Å². The summed E-state index contributed by atoms with van der Waals surface area (Å²) in [6.07, 6.45) is -12.4. The molecule has 23 nitrogen and oxygen atoms in total. The van der Waals surface area contributed by atoms with Crippen LogP contribution in [0.4, 0.5) is 0 Å². The fourth-order valence-corrected chi connectivity index (χ4v) is 14.3. The van der Waals surface area contributed by atoms with Gasteiger partial charge in [-0.05, 0) is 98.2 Å². The summed E-state index contributed by atoms with van der Waals surface area (Å²) in [4.78, 5) is 12.8. The minimum atomic E-state index is -4.83. The highest BCUT2D eigenvalue weighted by molar-refractivity contribution is 7.85. The first-order valence-corrected chi connectivity index (χ1v) is 28.5. The smallest absolute Gasteiger partial charge is 0.394 e. The zero-order chi connectivity index (χ0) is 53.7. The van der Waals surface area contributed by atoms with Crippen LogP contribution in [0.1, 0.15) is 86.5 Å². The Hall–Kier alpha value is -1.83. The van der Waals surface area contributed by atoms with E-state index >= 15 is 0 Å². The number of allylic oxidation sites excluding steroid dienone is 4. The largest absolute Gasteiger partial charge is 0.397 e. The Bertz CT molecular complexity index is 2190. The van der Waals surface area contributed by atoms with Gasteiger partial charge in [-0.15, -0.1) is 0 Å². The van der Waals surface area contributed by atoms with Crippen LogP contribution < -0.4 is 5.32 Å². The second kappa shape index (κ2) is 23.2. The number of aliphatic hydroxyl groups is 7. The molecule has 3 saturated carbocycles. The molecule has 3 heterocycles. The average Bonchev–Trinajstić information content (AvgIpc) is 3.68. The zero-order valence-electron chi connectivity index (χ0n) is 42.4. The van der Waals surface area contributed by atoms with E-state index in [1.54, 1.807) is 6.92 Å². The van der Waals surface area contributed by atoms with E-state index in [1.165, 1.54) is 19.6 Å². The number of amides is 1. The lowest BCUT2D eigenvalue weighted by Gasteiger charge is -2.59. The third-order valence-electron chi connectivity index (χ3n) is 17.7. The van der Waals surface area contributed by atoms with Crippen molar-refractivity contribution in [1.29, 1.82) is 0 Å². The second-order valence-corrected chi connectivity index (χ2v) is 24.8. The molecule has 7 aliphatic rings. The summed E-state index contributed by atoms with van der Waals surface area (Å²) in [6, 6.07) is 0. The van der Waals surface area contributed by atoms with Crippen LogP contribution in [0, 0.1) is 52.3 Å². The molecule has 3 saturated heterocycles. The predicted octanol–water partition coefficient (Wildman–Crippen LogP) is -0.0139. The van der Waals surface area contributed by atoms with Gasteiger partial charge in [-0.25, -0.2) is 4.18 Å². The first-order valence-electron chi connectivity index (χ1n) is 25.5. The van der Waals surface area contributed by atoms with Crippen LogP contribution in [0.15, 0.2) is 23.8 Å². The van der Waals surface area contributed by atoms with Gasteiger partial charge in [-0.1, -0.05) is 58.4 Å². The number of nitrogens with one attached hydrogen (secondary N) is 1. The van der Waals surface area contributed by atoms with Gasteiger partial charge >= 0.3 is 10.4 Å². The number of methoxy groups -OCH3 is 1. The molecule has 3 aliphatic heterocycles. The summed E-state index contributed by atoms with van der Waals surface area (Å²) in [5.41, 5.74) is 0.456. The quantitative estimate of drug-likeness (QED) is 0.0637. The zero-order valence-corrected chi connectivity index (χ0v) is 44.1. The highest BCUT2D eigenvalue weighted by atomic mass is 32.3. The molecule has 4 aliphatic carbocycles. The number of hydrogen-bond acceptors (Lipinski definition) is 20. The Balaban J connectivity index is 1.12. The topological polar surface area (TPSA) is 353 Å². The van der Waals surface area contributed by atoms with E-state index in [4.69, 9.17) is 41.9 Å². The molecule has 1 amide bonds. The number of carbonyl (C=O) groups is 1. The number of carbonyl (C=O) groups excluding carboxylic acids is 1. The molecule has 0 spiro atoms. The van der Waals surface area contributed by atoms with Gasteiger partial charge in [0.25, 0.3) is 10.1 Å². The van der Waals surface area contributed by atoms with Crippen LogP contribution in [-0.2, 0) is 62.7 Å². The molecule has 0 aromatic carbocycles. The minimum absolute atomic E-state index is 0.0389. The van der Waals surface area contributed by atoms with Gasteiger partial charge in [0, 0.05) is 19.6 Å². The van der Waals surface area contributed by atoms with Gasteiger partial charge in [0.1, 0.15) is 61.0 Å². The molecule has 6 fully saturated rings. The first kappa shape index (κ1) is 58.8. The molecule has 7 rings (SSSR count). The Morgan fingerprint density at radius 2 is 1.51 bits per heavy atom.